The monoisotopic (exact) mass is 383 g/mol. The van der Waals surface area contributed by atoms with Gasteiger partial charge in [-0.25, -0.2) is 0 Å². The fourth-order valence-corrected chi connectivity index (χ4v) is 3.75. The molecule has 0 saturated carbocycles. The molecule has 0 spiro atoms. The van der Waals surface area contributed by atoms with Crippen molar-refractivity contribution >= 4 is 11.9 Å². The number of carbonyl (C=O) groups is 2. The van der Waals surface area contributed by atoms with Crippen LogP contribution in [0.1, 0.15) is 29.5 Å². The van der Waals surface area contributed by atoms with Gasteiger partial charge < -0.3 is 19.5 Å². The highest BCUT2D eigenvalue weighted by atomic mass is 16.5. The molecule has 2 unspecified atom stereocenters. The van der Waals surface area contributed by atoms with Crippen molar-refractivity contribution in [2.75, 3.05) is 20.8 Å². The van der Waals surface area contributed by atoms with E-state index in [1.54, 1.807) is 19.1 Å². The summed E-state index contributed by atoms with van der Waals surface area (Å²) in [5.41, 5.74) is 2.66. The summed E-state index contributed by atoms with van der Waals surface area (Å²) in [5.74, 6) is -0.660. The smallest absolute Gasteiger partial charge is 0.312 e. The van der Waals surface area contributed by atoms with Crippen molar-refractivity contribution in [3.05, 3.63) is 59.2 Å². The Bertz CT molecular complexity index is 879. The number of carboxylic acid groups (broad SMARTS) is 1. The van der Waals surface area contributed by atoms with E-state index in [1.165, 1.54) is 0 Å². The molecule has 0 fully saturated rings. The normalized spacial score (nSPS) is 16.8. The molecule has 2 aromatic rings. The van der Waals surface area contributed by atoms with Gasteiger partial charge in [0.25, 0.3) is 0 Å². The minimum Gasteiger partial charge on any atom is -0.493 e. The SMILES string of the molecule is COc1ccc(CC(C)C(=O)N2Cc3ccccc3C(C(=O)O)C2)cc1OC. The van der Waals surface area contributed by atoms with E-state index in [-0.39, 0.29) is 18.4 Å². The summed E-state index contributed by atoms with van der Waals surface area (Å²) in [4.78, 5) is 26.4. The average Bonchev–Trinajstić information content (AvgIpc) is 2.71. The maximum Gasteiger partial charge on any atom is 0.312 e. The number of rotatable bonds is 6. The zero-order valence-electron chi connectivity index (χ0n) is 16.3. The second-order valence-corrected chi connectivity index (χ2v) is 7.10. The van der Waals surface area contributed by atoms with Gasteiger partial charge in [0.05, 0.1) is 20.1 Å². The highest BCUT2D eigenvalue weighted by Crippen LogP contribution is 2.31. The fraction of sp³-hybridized carbons (Fsp3) is 0.364. The van der Waals surface area contributed by atoms with Crippen molar-refractivity contribution in [3.63, 3.8) is 0 Å². The number of hydrogen-bond acceptors (Lipinski definition) is 4. The largest absolute Gasteiger partial charge is 0.493 e. The Balaban J connectivity index is 1.76. The number of fused-ring (bicyclic) bond motifs is 1. The van der Waals surface area contributed by atoms with Gasteiger partial charge in [0.1, 0.15) is 0 Å². The molecule has 6 heteroatoms. The molecule has 2 aromatic carbocycles. The number of carbonyl (C=O) groups excluding carboxylic acids is 1. The van der Waals surface area contributed by atoms with E-state index in [9.17, 15) is 14.7 Å². The number of amides is 1. The first-order valence-electron chi connectivity index (χ1n) is 9.25. The quantitative estimate of drug-likeness (QED) is 0.830. The summed E-state index contributed by atoms with van der Waals surface area (Å²) in [7, 11) is 3.16. The van der Waals surface area contributed by atoms with Crippen molar-refractivity contribution in [3.8, 4) is 11.5 Å². The van der Waals surface area contributed by atoms with Gasteiger partial charge in [-0.3, -0.25) is 9.59 Å². The molecule has 0 saturated heterocycles. The predicted molar refractivity (Wildman–Crippen MR) is 105 cm³/mol. The van der Waals surface area contributed by atoms with Gasteiger partial charge in [-0.15, -0.1) is 0 Å². The van der Waals surface area contributed by atoms with Crippen LogP contribution in [0.4, 0.5) is 0 Å². The summed E-state index contributed by atoms with van der Waals surface area (Å²) in [5, 5.41) is 9.60. The summed E-state index contributed by atoms with van der Waals surface area (Å²) in [6, 6.07) is 13.0. The lowest BCUT2D eigenvalue weighted by Gasteiger charge is -2.34. The first-order valence-corrected chi connectivity index (χ1v) is 9.25. The maximum atomic E-state index is 13.0. The van der Waals surface area contributed by atoms with Gasteiger partial charge >= 0.3 is 5.97 Å². The highest BCUT2D eigenvalue weighted by molar-refractivity contribution is 5.82. The molecular formula is C22H25NO5. The van der Waals surface area contributed by atoms with E-state index < -0.39 is 11.9 Å². The van der Waals surface area contributed by atoms with Crippen LogP contribution in [-0.4, -0.2) is 42.6 Å². The van der Waals surface area contributed by atoms with Crippen molar-refractivity contribution in [1.29, 1.82) is 0 Å². The van der Waals surface area contributed by atoms with E-state index in [4.69, 9.17) is 9.47 Å². The molecule has 1 aliphatic heterocycles. The van der Waals surface area contributed by atoms with E-state index in [0.717, 1.165) is 16.7 Å². The van der Waals surface area contributed by atoms with Crippen LogP contribution in [0.2, 0.25) is 0 Å². The van der Waals surface area contributed by atoms with Gasteiger partial charge in [0.2, 0.25) is 5.91 Å². The Morgan fingerprint density at radius 3 is 2.54 bits per heavy atom. The molecule has 6 nitrogen and oxygen atoms in total. The molecule has 0 aromatic heterocycles. The molecule has 28 heavy (non-hydrogen) atoms. The molecule has 0 aliphatic carbocycles. The summed E-state index contributed by atoms with van der Waals surface area (Å²) in [6.07, 6.45) is 0.537. The number of ether oxygens (including phenoxy) is 2. The van der Waals surface area contributed by atoms with Crippen LogP contribution in [0.3, 0.4) is 0 Å². The third-order valence-corrected chi connectivity index (χ3v) is 5.22. The number of nitrogens with zero attached hydrogens (tertiary/aromatic N) is 1. The molecule has 1 N–H and O–H groups in total. The lowest BCUT2D eigenvalue weighted by molar-refractivity contribution is -0.142. The zero-order chi connectivity index (χ0) is 20.3. The third-order valence-electron chi connectivity index (χ3n) is 5.22. The van der Waals surface area contributed by atoms with E-state index in [2.05, 4.69) is 0 Å². The number of hydrogen-bond donors (Lipinski definition) is 1. The van der Waals surface area contributed by atoms with Gasteiger partial charge in [-0.2, -0.15) is 0 Å². The van der Waals surface area contributed by atoms with Crippen LogP contribution >= 0.6 is 0 Å². The zero-order valence-corrected chi connectivity index (χ0v) is 16.3. The van der Waals surface area contributed by atoms with Gasteiger partial charge in [0.15, 0.2) is 11.5 Å². The van der Waals surface area contributed by atoms with Gasteiger partial charge in [0, 0.05) is 19.0 Å². The molecule has 148 valence electrons. The Hall–Kier alpha value is -3.02. The lowest BCUT2D eigenvalue weighted by atomic mass is 9.88. The first kappa shape index (κ1) is 19.7. The molecule has 3 rings (SSSR count). The minimum absolute atomic E-state index is 0.0458. The number of benzene rings is 2. The molecule has 0 bridgehead atoms. The predicted octanol–water partition coefficient (Wildman–Crippen LogP) is 3.09. The van der Waals surface area contributed by atoms with E-state index in [1.807, 2.05) is 49.4 Å². The molecule has 0 radical (unpaired) electrons. The standard InChI is InChI=1S/C22H25NO5/c1-14(10-15-8-9-19(27-2)20(11-15)28-3)21(24)23-12-16-6-4-5-7-17(16)18(13-23)22(25)26/h4-9,11,14,18H,10,12-13H2,1-3H3,(H,25,26). The Morgan fingerprint density at radius 1 is 1.14 bits per heavy atom. The minimum atomic E-state index is -0.905. The van der Waals surface area contributed by atoms with Crippen LogP contribution in [0.5, 0.6) is 11.5 Å². The van der Waals surface area contributed by atoms with E-state index in [0.29, 0.717) is 24.5 Å². The summed E-state index contributed by atoms with van der Waals surface area (Å²) >= 11 is 0. The molecule has 1 aliphatic rings. The Labute approximate surface area is 164 Å². The lowest BCUT2D eigenvalue weighted by Crippen LogP contribution is -2.43. The van der Waals surface area contributed by atoms with Crippen molar-refractivity contribution in [1.82, 2.24) is 4.90 Å². The van der Waals surface area contributed by atoms with Crippen LogP contribution in [0, 0.1) is 5.92 Å². The topological polar surface area (TPSA) is 76.1 Å². The van der Waals surface area contributed by atoms with E-state index >= 15 is 0 Å². The number of methoxy groups -OCH3 is 2. The molecular weight excluding hydrogens is 358 g/mol. The fourth-order valence-electron chi connectivity index (χ4n) is 3.75. The summed E-state index contributed by atoms with van der Waals surface area (Å²) in [6.45, 7) is 2.51. The van der Waals surface area contributed by atoms with Crippen LogP contribution in [0.25, 0.3) is 0 Å². The second-order valence-electron chi connectivity index (χ2n) is 7.10. The average molecular weight is 383 g/mol. The molecule has 1 amide bonds. The highest BCUT2D eigenvalue weighted by Gasteiger charge is 2.33. The number of aliphatic carboxylic acids is 1. The van der Waals surface area contributed by atoms with Crippen molar-refractivity contribution in [2.24, 2.45) is 5.92 Å². The van der Waals surface area contributed by atoms with Crippen molar-refractivity contribution < 1.29 is 24.2 Å². The Kier molecular flexibility index (Phi) is 5.87. The first-order chi connectivity index (χ1) is 13.4. The van der Waals surface area contributed by atoms with Crippen LogP contribution in [-0.2, 0) is 22.6 Å². The summed E-state index contributed by atoms with van der Waals surface area (Å²) < 4.78 is 10.6. The maximum absolute atomic E-state index is 13.0. The van der Waals surface area contributed by atoms with Crippen LogP contribution in [0.15, 0.2) is 42.5 Å². The van der Waals surface area contributed by atoms with Crippen molar-refractivity contribution in [2.45, 2.75) is 25.8 Å². The Morgan fingerprint density at radius 2 is 1.86 bits per heavy atom. The second kappa shape index (κ2) is 8.33. The van der Waals surface area contributed by atoms with Gasteiger partial charge in [-0.05, 0) is 35.2 Å². The van der Waals surface area contributed by atoms with Gasteiger partial charge in [-0.1, -0.05) is 37.3 Å². The number of carboxylic acids is 1. The molecule has 2 atom stereocenters. The third kappa shape index (κ3) is 3.96. The van der Waals surface area contributed by atoms with Crippen LogP contribution < -0.4 is 9.47 Å². The molecule has 1 heterocycles.